The molecule has 0 aliphatic carbocycles. The lowest BCUT2D eigenvalue weighted by molar-refractivity contribution is -0.162. The fourth-order valence-corrected chi connectivity index (χ4v) is 6.32. The van der Waals surface area contributed by atoms with Crippen molar-refractivity contribution in [3.63, 3.8) is 0 Å². The van der Waals surface area contributed by atoms with Gasteiger partial charge in [-0.3, -0.25) is 9.59 Å². The lowest BCUT2D eigenvalue weighted by Crippen LogP contribution is -2.30. The van der Waals surface area contributed by atoms with E-state index in [9.17, 15) is 9.59 Å². The summed E-state index contributed by atoms with van der Waals surface area (Å²) in [4.78, 5) is 25.4. The molecule has 0 radical (unpaired) electrons. The Labute approximate surface area is 405 Å². The third-order valence-electron chi connectivity index (χ3n) is 10.1. The molecule has 66 heavy (non-hydrogen) atoms. The Morgan fingerprint density at radius 2 is 0.667 bits per heavy atom. The molecule has 0 N–H and O–H groups in total. The fourth-order valence-electron chi connectivity index (χ4n) is 6.32. The van der Waals surface area contributed by atoms with Crippen molar-refractivity contribution in [2.75, 3.05) is 19.8 Å². The zero-order valence-corrected chi connectivity index (χ0v) is 42.1. The molecule has 0 aromatic carbocycles. The smallest absolute Gasteiger partial charge is 0.306 e. The van der Waals surface area contributed by atoms with Crippen LogP contribution in [0.4, 0.5) is 0 Å². The third-order valence-corrected chi connectivity index (χ3v) is 10.1. The standard InChI is InChI=1S/C61H94O5/c1-4-7-10-13-16-19-22-25-28-30-31-33-34-36-39-42-45-48-51-54-60(62)65-58-59(57-64-56-53-50-47-44-41-38-27-24-21-18-15-12-9-6-3)66-61(63)55-52-49-46-43-40-37-35-32-29-26-23-20-17-14-11-8-5-2/h7-12,16-21,25-29,31,33,36,38-39,44-45,47-48,59H,4-6,13-15,22-24,30,32,34-35,37,40-43,46,49-58H2,1-3H3/b10-7-,11-8-,12-9-,19-16-,20-17-,21-18-,28-25-,29-26-,33-31-,38-27-,39-36-,47-44-,48-45-. The van der Waals surface area contributed by atoms with Crippen molar-refractivity contribution >= 4 is 11.9 Å². The summed E-state index contributed by atoms with van der Waals surface area (Å²) >= 11 is 0. The molecule has 368 valence electrons. The number of carbonyl (C=O) groups is 2. The molecule has 0 aliphatic heterocycles. The number of hydrogen-bond acceptors (Lipinski definition) is 5. The second-order valence-corrected chi connectivity index (χ2v) is 16.3. The largest absolute Gasteiger partial charge is 0.462 e. The van der Waals surface area contributed by atoms with Crippen LogP contribution in [0.5, 0.6) is 0 Å². The van der Waals surface area contributed by atoms with Crippen LogP contribution in [0.2, 0.25) is 0 Å². The molecule has 0 rings (SSSR count). The first-order chi connectivity index (χ1) is 32.6. The Kier molecular flexibility index (Phi) is 51.1. The topological polar surface area (TPSA) is 61.8 Å². The quantitative estimate of drug-likeness (QED) is 0.0346. The summed E-state index contributed by atoms with van der Waals surface area (Å²) < 4.78 is 17.3. The van der Waals surface area contributed by atoms with Gasteiger partial charge in [0.25, 0.3) is 0 Å². The van der Waals surface area contributed by atoms with Gasteiger partial charge in [0.15, 0.2) is 6.10 Å². The number of esters is 2. The van der Waals surface area contributed by atoms with Crippen LogP contribution in [0.1, 0.15) is 188 Å². The van der Waals surface area contributed by atoms with Crippen molar-refractivity contribution in [3.8, 4) is 0 Å². The van der Waals surface area contributed by atoms with Crippen LogP contribution in [0.15, 0.2) is 158 Å². The Hall–Kier alpha value is -4.48. The summed E-state index contributed by atoms with van der Waals surface area (Å²) in [5.74, 6) is -0.550. The van der Waals surface area contributed by atoms with E-state index in [4.69, 9.17) is 14.2 Å². The lowest BCUT2D eigenvalue weighted by Gasteiger charge is -2.18. The molecule has 1 unspecified atom stereocenters. The zero-order valence-electron chi connectivity index (χ0n) is 42.1. The SMILES string of the molecule is CC/C=C\C/C=C\C/C=C\C/C=C\C/C=C\C/C=C\CCC(=O)OCC(COCCC/C=C\C/C=C\C/C=C\C/C=C\CC)OC(=O)CCCCCCCCC/C=C\C/C=C\C/C=C\CC. The molecule has 1 atom stereocenters. The second-order valence-electron chi connectivity index (χ2n) is 16.3. The van der Waals surface area contributed by atoms with Gasteiger partial charge >= 0.3 is 11.9 Å². The van der Waals surface area contributed by atoms with Crippen LogP contribution in [-0.2, 0) is 23.8 Å². The van der Waals surface area contributed by atoms with Gasteiger partial charge in [0.1, 0.15) is 6.61 Å². The molecule has 0 aromatic rings. The summed E-state index contributed by atoms with van der Waals surface area (Å²) in [6, 6.07) is 0. The van der Waals surface area contributed by atoms with E-state index in [-0.39, 0.29) is 31.6 Å². The average molecular weight is 907 g/mol. The third kappa shape index (κ3) is 52.1. The fraction of sp³-hybridized carbons (Fsp3) is 0.541. The highest BCUT2D eigenvalue weighted by Gasteiger charge is 2.17. The maximum absolute atomic E-state index is 12.8. The van der Waals surface area contributed by atoms with Crippen molar-refractivity contribution < 1.29 is 23.8 Å². The van der Waals surface area contributed by atoms with Gasteiger partial charge in [-0.15, -0.1) is 0 Å². The van der Waals surface area contributed by atoms with Crippen molar-refractivity contribution in [2.24, 2.45) is 0 Å². The van der Waals surface area contributed by atoms with E-state index in [0.29, 0.717) is 19.4 Å². The molecule has 5 heteroatoms. The number of ether oxygens (including phenoxy) is 3. The molecule has 0 heterocycles. The molecular formula is C61H94O5. The minimum Gasteiger partial charge on any atom is -0.462 e. The van der Waals surface area contributed by atoms with Crippen molar-refractivity contribution in [2.45, 2.75) is 194 Å². The Morgan fingerprint density at radius 1 is 0.333 bits per heavy atom. The van der Waals surface area contributed by atoms with Crippen molar-refractivity contribution in [3.05, 3.63) is 158 Å². The highest BCUT2D eigenvalue weighted by Crippen LogP contribution is 2.12. The van der Waals surface area contributed by atoms with Gasteiger partial charge in [-0.1, -0.05) is 211 Å². The number of unbranched alkanes of at least 4 members (excludes halogenated alkanes) is 8. The lowest BCUT2D eigenvalue weighted by atomic mass is 10.1. The molecular weight excluding hydrogens is 813 g/mol. The Morgan fingerprint density at radius 3 is 1.08 bits per heavy atom. The number of hydrogen-bond donors (Lipinski definition) is 0. The van der Waals surface area contributed by atoms with E-state index >= 15 is 0 Å². The van der Waals surface area contributed by atoms with Crippen LogP contribution in [0.3, 0.4) is 0 Å². The normalized spacial score (nSPS) is 13.6. The minimum atomic E-state index is -0.613. The first-order valence-electron chi connectivity index (χ1n) is 26.0. The molecule has 0 spiro atoms. The molecule has 0 saturated heterocycles. The van der Waals surface area contributed by atoms with Gasteiger partial charge in [0, 0.05) is 19.4 Å². The average Bonchev–Trinajstić information content (AvgIpc) is 3.32. The van der Waals surface area contributed by atoms with E-state index < -0.39 is 6.10 Å². The van der Waals surface area contributed by atoms with Crippen LogP contribution in [0.25, 0.3) is 0 Å². The Bertz CT molecular complexity index is 1490. The molecule has 0 bridgehead atoms. The molecule has 0 saturated carbocycles. The summed E-state index contributed by atoms with van der Waals surface area (Å²) in [6.45, 7) is 7.23. The van der Waals surface area contributed by atoms with Gasteiger partial charge < -0.3 is 14.2 Å². The van der Waals surface area contributed by atoms with Crippen LogP contribution >= 0.6 is 0 Å². The van der Waals surface area contributed by atoms with Gasteiger partial charge in [0.2, 0.25) is 0 Å². The summed E-state index contributed by atoms with van der Waals surface area (Å²) in [5.41, 5.74) is 0. The first-order valence-corrected chi connectivity index (χ1v) is 26.0. The van der Waals surface area contributed by atoms with Crippen LogP contribution < -0.4 is 0 Å². The van der Waals surface area contributed by atoms with Crippen molar-refractivity contribution in [1.82, 2.24) is 0 Å². The molecule has 0 aliphatic rings. The van der Waals surface area contributed by atoms with E-state index in [0.717, 1.165) is 122 Å². The van der Waals surface area contributed by atoms with Crippen LogP contribution in [0, 0.1) is 0 Å². The summed E-state index contributed by atoms with van der Waals surface area (Å²) in [6.07, 6.45) is 81.3. The molecule has 0 amide bonds. The van der Waals surface area contributed by atoms with Gasteiger partial charge in [-0.25, -0.2) is 0 Å². The van der Waals surface area contributed by atoms with Crippen molar-refractivity contribution in [1.29, 1.82) is 0 Å². The highest BCUT2D eigenvalue weighted by atomic mass is 16.6. The molecule has 5 nitrogen and oxygen atoms in total. The zero-order chi connectivity index (χ0) is 47.7. The number of rotatable bonds is 45. The number of allylic oxidation sites excluding steroid dienone is 26. The second kappa shape index (κ2) is 54.9. The monoisotopic (exact) mass is 907 g/mol. The van der Waals surface area contributed by atoms with E-state index in [1.54, 1.807) is 0 Å². The molecule has 0 aromatic heterocycles. The first kappa shape index (κ1) is 61.5. The van der Waals surface area contributed by atoms with Crippen LogP contribution in [-0.4, -0.2) is 37.9 Å². The molecule has 0 fully saturated rings. The summed E-state index contributed by atoms with van der Waals surface area (Å²) in [5, 5.41) is 0. The Balaban J connectivity index is 4.51. The van der Waals surface area contributed by atoms with E-state index in [2.05, 4.69) is 173 Å². The van der Waals surface area contributed by atoms with Gasteiger partial charge in [-0.05, 0) is 122 Å². The maximum Gasteiger partial charge on any atom is 0.306 e. The maximum atomic E-state index is 12.8. The van der Waals surface area contributed by atoms with Gasteiger partial charge in [0.05, 0.1) is 6.61 Å². The van der Waals surface area contributed by atoms with E-state index in [1.165, 1.54) is 25.7 Å². The predicted octanol–water partition coefficient (Wildman–Crippen LogP) is 17.9. The number of carbonyl (C=O) groups excluding carboxylic acids is 2. The highest BCUT2D eigenvalue weighted by molar-refractivity contribution is 5.70. The van der Waals surface area contributed by atoms with E-state index in [1.807, 2.05) is 6.08 Å². The minimum absolute atomic E-state index is 0.00766. The van der Waals surface area contributed by atoms with Gasteiger partial charge in [-0.2, -0.15) is 0 Å². The predicted molar refractivity (Wildman–Crippen MR) is 288 cm³/mol. The summed E-state index contributed by atoms with van der Waals surface area (Å²) in [7, 11) is 0.